The monoisotopic (exact) mass is 950 g/mol. The number of nitrogen functional groups attached to an aromatic ring is 1. The number of rotatable bonds is 12. The average Bonchev–Trinajstić information content (AvgIpc) is 3.92. The Balaban J connectivity index is 0.000000336. The molecular formula is C41H41FN9O15S-3. The number of hydrogen-bond acceptors (Lipinski definition) is 19. The van der Waals surface area contributed by atoms with Gasteiger partial charge in [0.2, 0.25) is 0 Å². The Morgan fingerprint density at radius 1 is 0.791 bits per heavy atom. The van der Waals surface area contributed by atoms with Crippen molar-refractivity contribution in [1.29, 1.82) is 0 Å². The Morgan fingerprint density at radius 3 is 1.85 bits per heavy atom. The SMILES string of the molecule is CN1CCN(C2CCC(n3cc(-c4ccc(NS(=O)(=O)c5cccc6nonc56)c(F)c4)c4c(N)ncnc43)CC2)CC1.O=C([O-])/C=C\C(=O)O.O=C([O-])/C=C\C(=O)O.O=C([O-])/C=C\C(=O)O. The van der Waals surface area contributed by atoms with Gasteiger partial charge in [-0.25, -0.2) is 41.8 Å². The third kappa shape index (κ3) is 15.3. The highest BCUT2D eigenvalue weighted by Gasteiger charge is 2.30. The molecule has 3 aromatic heterocycles. The third-order valence-corrected chi connectivity index (χ3v) is 11.3. The molecule has 26 heteroatoms. The first-order valence-electron chi connectivity index (χ1n) is 19.6. The minimum Gasteiger partial charge on any atom is -0.545 e. The Bertz CT molecular complexity index is 2680. The number of aromatic nitrogens is 5. The van der Waals surface area contributed by atoms with E-state index >= 15 is 4.39 Å². The lowest BCUT2D eigenvalue weighted by Crippen LogP contribution is -2.49. The molecule has 5 aromatic rings. The van der Waals surface area contributed by atoms with Crippen molar-refractivity contribution in [3.63, 3.8) is 0 Å². The zero-order valence-corrected chi connectivity index (χ0v) is 35.9. The third-order valence-electron chi connectivity index (χ3n) is 9.90. The summed E-state index contributed by atoms with van der Waals surface area (Å²) >= 11 is 0. The minimum absolute atomic E-state index is 0.0629. The fraction of sp³-hybridized carbons (Fsp3) is 0.268. The standard InChI is InChI=1S/C29H32FN9O3S.3C4H4O4/c1-37-11-13-38(14-12-37)19-6-8-20(9-7-19)39-16-21(26-28(31)32-17-33-29(26)39)18-5-10-23(22(30)15-18)36-43(40,41)25-4-2-3-24-27(25)35-42-34-24;3*5-3(6)1-2-4(7)8/h2-5,10,15-17,19-20,36H,6-9,11-14H2,1H3,(H2,31,32,33);3*1-2H,(H,5,6)(H,7,8)/p-3/b;3*2-1-. The molecule has 0 unspecified atom stereocenters. The van der Waals surface area contributed by atoms with E-state index in [1.54, 1.807) is 12.1 Å². The Labute approximate surface area is 378 Å². The van der Waals surface area contributed by atoms with E-state index in [1.807, 2.05) is 6.20 Å². The first kappa shape index (κ1) is 51.5. The summed E-state index contributed by atoms with van der Waals surface area (Å²) in [4.78, 5) is 70.5. The highest BCUT2D eigenvalue weighted by Crippen LogP contribution is 2.40. The number of nitrogens with two attached hydrogens (primary N) is 1. The van der Waals surface area contributed by atoms with Crippen LogP contribution in [0, 0.1) is 5.82 Å². The Kier molecular flexibility index (Phi) is 18.2. The van der Waals surface area contributed by atoms with Gasteiger partial charge in [-0.15, -0.1) is 0 Å². The molecule has 0 bridgehead atoms. The number of anilines is 2. The summed E-state index contributed by atoms with van der Waals surface area (Å²) in [5.74, 6) is -8.84. The lowest BCUT2D eigenvalue weighted by Gasteiger charge is -2.41. The van der Waals surface area contributed by atoms with Crippen molar-refractivity contribution in [2.75, 3.05) is 43.7 Å². The van der Waals surface area contributed by atoms with Gasteiger partial charge in [-0.05, 0) is 91.1 Å². The van der Waals surface area contributed by atoms with Crippen molar-refractivity contribution in [2.24, 2.45) is 0 Å². The number of nitrogens with one attached hydrogen (secondary N) is 1. The maximum absolute atomic E-state index is 15.5. The molecule has 356 valence electrons. The van der Waals surface area contributed by atoms with Crippen LogP contribution in [0.25, 0.3) is 33.2 Å². The number of fused-ring (bicyclic) bond motifs is 2. The number of halogens is 1. The number of likely N-dealkylation sites (N-methyl/N-ethyl adjacent to an activating group) is 1. The first-order valence-corrected chi connectivity index (χ1v) is 21.1. The lowest BCUT2D eigenvalue weighted by atomic mass is 9.89. The fourth-order valence-electron chi connectivity index (χ4n) is 6.88. The van der Waals surface area contributed by atoms with E-state index in [0.717, 1.165) is 51.9 Å². The highest BCUT2D eigenvalue weighted by atomic mass is 32.2. The number of carboxylic acids is 6. The number of sulfonamides is 1. The van der Waals surface area contributed by atoms with Gasteiger partial charge in [0.15, 0.2) is 5.52 Å². The molecule has 4 heterocycles. The zero-order chi connectivity index (χ0) is 49.4. The van der Waals surface area contributed by atoms with E-state index in [0.29, 0.717) is 70.5 Å². The molecule has 1 aliphatic carbocycles. The van der Waals surface area contributed by atoms with E-state index in [1.165, 1.54) is 30.6 Å². The highest BCUT2D eigenvalue weighted by molar-refractivity contribution is 7.93. The molecular weight excluding hydrogens is 910 g/mol. The second kappa shape index (κ2) is 23.7. The van der Waals surface area contributed by atoms with Gasteiger partial charge in [-0.3, -0.25) is 9.62 Å². The van der Waals surface area contributed by atoms with E-state index in [2.05, 4.69) is 51.0 Å². The smallest absolute Gasteiger partial charge is 0.328 e. The molecule has 2 fully saturated rings. The molecule has 1 aliphatic heterocycles. The molecule has 0 amide bonds. The predicted octanol–water partition coefficient (Wildman–Crippen LogP) is -0.981. The second-order valence-electron chi connectivity index (χ2n) is 14.4. The number of carboxylic acid groups (broad SMARTS) is 6. The van der Waals surface area contributed by atoms with Gasteiger partial charge in [0, 0.05) is 68.3 Å². The van der Waals surface area contributed by atoms with Gasteiger partial charge in [0.1, 0.15) is 34.0 Å². The van der Waals surface area contributed by atoms with Gasteiger partial charge in [0.05, 0.1) is 29.0 Å². The van der Waals surface area contributed by atoms with Crippen LogP contribution >= 0.6 is 0 Å². The topological polar surface area (TPSA) is 381 Å². The molecule has 6 N–H and O–H groups in total. The van der Waals surface area contributed by atoms with Gasteiger partial charge in [-0.1, -0.05) is 12.1 Å². The van der Waals surface area contributed by atoms with Crippen molar-refractivity contribution >= 4 is 79.4 Å². The van der Waals surface area contributed by atoms with Crippen LogP contribution in [-0.2, 0) is 38.8 Å². The number of piperazine rings is 1. The lowest BCUT2D eigenvalue weighted by molar-refractivity contribution is -0.298. The molecule has 2 aromatic carbocycles. The van der Waals surface area contributed by atoms with Crippen LogP contribution in [0.1, 0.15) is 31.7 Å². The van der Waals surface area contributed by atoms with E-state index < -0.39 is 51.7 Å². The van der Waals surface area contributed by atoms with Crippen LogP contribution < -0.4 is 25.8 Å². The summed E-state index contributed by atoms with van der Waals surface area (Å²) in [6.07, 6.45) is 10.5. The Morgan fingerprint density at radius 2 is 1.34 bits per heavy atom. The maximum Gasteiger partial charge on any atom is 0.328 e. The van der Waals surface area contributed by atoms with Crippen LogP contribution in [0.15, 0.2) is 94.9 Å². The molecule has 1 saturated carbocycles. The number of benzene rings is 2. The molecule has 0 radical (unpaired) electrons. The zero-order valence-electron chi connectivity index (χ0n) is 35.1. The molecule has 7 rings (SSSR count). The summed E-state index contributed by atoms with van der Waals surface area (Å²) in [5.41, 5.74) is 8.43. The van der Waals surface area contributed by atoms with Crippen LogP contribution in [0.4, 0.5) is 15.9 Å². The van der Waals surface area contributed by atoms with E-state index in [9.17, 15) is 52.5 Å². The second-order valence-corrected chi connectivity index (χ2v) is 16.0. The van der Waals surface area contributed by atoms with Crippen molar-refractivity contribution in [2.45, 2.75) is 42.7 Å². The van der Waals surface area contributed by atoms with E-state index in [-0.39, 0.29) is 27.7 Å². The molecule has 2 aliphatic rings. The van der Waals surface area contributed by atoms with Crippen molar-refractivity contribution in [3.05, 3.63) is 91.2 Å². The number of carbonyl (C=O) groups is 6. The normalized spacial score (nSPS) is 16.6. The van der Waals surface area contributed by atoms with Crippen LogP contribution in [0.3, 0.4) is 0 Å². The van der Waals surface area contributed by atoms with Crippen LogP contribution in [0.5, 0.6) is 0 Å². The van der Waals surface area contributed by atoms with Crippen LogP contribution in [-0.4, -0.2) is 133 Å². The molecule has 1 saturated heterocycles. The molecule has 0 spiro atoms. The van der Waals surface area contributed by atoms with Gasteiger partial charge < -0.3 is 60.2 Å². The van der Waals surface area contributed by atoms with Gasteiger partial charge in [0.25, 0.3) is 10.0 Å². The predicted molar refractivity (Wildman–Crippen MR) is 226 cm³/mol. The summed E-state index contributed by atoms with van der Waals surface area (Å²) < 4.78 is 50.9. The van der Waals surface area contributed by atoms with Crippen molar-refractivity contribution in [1.82, 2.24) is 34.6 Å². The van der Waals surface area contributed by atoms with Crippen molar-refractivity contribution < 1.29 is 76.8 Å². The summed E-state index contributed by atoms with van der Waals surface area (Å²) in [6.45, 7) is 4.43. The largest absolute Gasteiger partial charge is 0.545 e. The number of hydrogen-bond donors (Lipinski definition) is 5. The summed E-state index contributed by atoms with van der Waals surface area (Å²) in [6, 6.07) is 9.63. The van der Waals surface area contributed by atoms with Crippen LogP contribution in [0.2, 0.25) is 0 Å². The summed E-state index contributed by atoms with van der Waals surface area (Å²) in [5, 5.41) is 59.7. The average molecular weight is 951 g/mol. The molecule has 24 nitrogen and oxygen atoms in total. The minimum atomic E-state index is -4.18. The summed E-state index contributed by atoms with van der Waals surface area (Å²) in [7, 11) is -2.01. The maximum atomic E-state index is 15.5. The quantitative estimate of drug-likeness (QED) is 0.0938. The van der Waals surface area contributed by atoms with Gasteiger partial charge >= 0.3 is 17.9 Å². The molecule has 67 heavy (non-hydrogen) atoms. The Hall–Kier alpha value is -8.10. The fourth-order valence-corrected chi connectivity index (χ4v) is 8.09. The van der Waals surface area contributed by atoms with Gasteiger partial charge in [-0.2, -0.15) is 0 Å². The number of carbonyl (C=O) groups excluding carboxylic acids is 3. The van der Waals surface area contributed by atoms with E-state index in [4.69, 9.17) is 21.1 Å². The number of nitrogens with zero attached hydrogens (tertiary/aromatic N) is 7. The molecule has 0 atom stereocenters. The van der Waals surface area contributed by atoms with Crippen molar-refractivity contribution in [3.8, 4) is 11.1 Å². The first-order chi connectivity index (χ1) is 31.7. The number of aliphatic carboxylic acids is 6.